The topological polar surface area (TPSA) is 114 Å². The van der Waals surface area contributed by atoms with Crippen LogP contribution in [-0.2, 0) is 24.5 Å². The monoisotopic (exact) mass is 573 g/mol. The number of nitrogens with one attached hydrogen (secondary N) is 3. The highest BCUT2D eigenvalue weighted by Crippen LogP contribution is 2.40. The molecule has 4 atom stereocenters. The van der Waals surface area contributed by atoms with Crippen LogP contribution in [0.15, 0.2) is 48.5 Å². The van der Waals surface area contributed by atoms with Gasteiger partial charge in [0, 0.05) is 22.9 Å². The standard InChI is InChI=1S/C30H37ClFN3O5/c1-18(2)14-25(28(38)34-24(17-36)15-20-12-13-33-27(20)37)35-29(39)40-26(19-8-10-23(32)11-9-19)30(3,4)21-6-5-7-22(31)16-21/h5-11,16-18,20,24-26H,12-15H2,1-4H3,(H,33,37)(H,34,38)(H,35,39)/t20-,24-,25-,26?/m0/s1. The lowest BCUT2D eigenvalue weighted by atomic mass is 9.76. The van der Waals surface area contributed by atoms with Crippen molar-refractivity contribution in [1.29, 1.82) is 0 Å². The lowest BCUT2D eigenvalue weighted by Crippen LogP contribution is -2.51. The average molecular weight is 574 g/mol. The van der Waals surface area contributed by atoms with E-state index < -0.39 is 41.4 Å². The lowest BCUT2D eigenvalue weighted by Gasteiger charge is -2.35. The minimum atomic E-state index is -0.990. The Bertz CT molecular complexity index is 1200. The highest BCUT2D eigenvalue weighted by atomic mass is 35.5. The second kappa shape index (κ2) is 13.7. The second-order valence-corrected chi connectivity index (χ2v) is 11.6. The van der Waals surface area contributed by atoms with E-state index in [1.165, 1.54) is 12.1 Å². The number of hydrogen-bond acceptors (Lipinski definition) is 5. The molecule has 8 nitrogen and oxygen atoms in total. The van der Waals surface area contributed by atoms with Crippen molar-refractivity contribution >= 4 is 35.8 Å². The molecule has 3 rings (SSSR count). The van der Waals surface area contributed by atoms with Crippen molar-refractivity contribution in [3.8, 4) is 0 Å². The molecular formula is C30H37ClFN3O5. The first-order valence-electron chi connectivity index (χ1n) is 13.4. The van der Waals surface area contributed by atoms with Crippen LogP contribution in [0, 0.1) is 17.7 Å². The first kappa shape index (κ1) is 31.1. The summed E-state index contributed by atoms with van der Waals surface area (Å²) in [5.41, 5.74) is 0.561. The Morgan fingerprint density at radius 2 is 1.88 bits per heavy atom. The summed E-state index contributed by atoms with van der Waals surface area (Å²) >= 11 is 6.23. The zero-order valence-corrected chi connectivity index (χ0v) is 24.0. The van der Waals surface area contributed by atoms with Gasteiger partial charge in [-0.05, 0) is 60.6 Å². The maximum atomic E-state index is 13.7. The van der Waals surface area contributed by atoms with Crippen LogP contribution in [0.1, 0.15) is 64.2 Å². The Kier molecular flexibility index (Phi) is 10.7. The Balaban J connectivity index is 1.79. The van der Waals surface area contributed by atoms with Gasteiger partial charge in [-0.2, -0.15) is 0 Å². The van der Waals surface area contributed by atoms with Gasteiger partial charge in [0.25, 0.3) is 0 Å². The number of carbonyl (C=O) groups excluding carboxylic acids is 4. The van der Waals surface area contributed by atoms with E-state index in [1.807, 2.05) is 33.8 Å². The molecule has 1 aliphatic rings. The second-order valence-electron chi connectivity index (χ2n) is 11.2. The van der Waals surface area contributed by atoms with Gasteiger partial charge in [0.05, 0.1) is 6.04 Å². The molecule has 216 valence electrons. The molecule has 1 saturated heterocycles. The highest BCUT2D eigenvalue weighted by Gasteiger charge is 2.37. The van der Waals surface area contributed by atoms with Gasteiger partial charge in [-0.1, -0.05) is 63.6 Å². The molecule has 1 fully saturated rings. The number of halogens is 2. The third-order valence-corrected chi connectivity index (χ3v) is 7.37. The molecule has 1 aliphatic heterocycles. The molecule has 1 heterocycles. The first-order valence-corrected chi connectivity index (χ1v) is 13.8. The van der Waals surface area contributed by atoms with Crippen LogP contribution in [0.4, 0.5) is 9.18 Å². The molecule has 2 aromatic rings. The van der Waals surface area contributed by atoms with Gasteiger partial charge in [0.2, 0.25) is 11.8 Å². The van der Waals surface area contributed by atoms with Gasteiger partial charge in [-0.25, -0.2) is 9.18 Å². The molecule has 0 bridgehead atoms. The summed E-state index contributed by atoms with van der Waals surface area (Å²) in [6.45, 7) is 8.10. The fourth-order valence-corrected chi connectivity index (χ4v) is 5.10. The number of rotatable bonds is 12. The number of benzene rings is 2. The first-order chi connectivity index (χ1) is 18.9. The van der Waals surface area contributed by atoms with Crippen LogP contribution in [0.25, 0.3) is 0 Å². The van der Waals surface area contributed by atoms with Gasteiger partial charge in [0.15, 0.2) is 0 Å². The largest absolute Gasteiger partial charge is 0.440 e. The van der Waals surface area contributed by atoms with Crippen molar-refractivity contribution in [1.82, 2.24) is 16.0 Å². The van der Waals surface area contributed by atoms with E-state index in [9.17, 15) is 23.6 Å². The minimum absolute atomic E-state index is 0.0298. The van der Waals surface area contributed by atoms with E-state index in [-0.39, 0.29) is 30.6 Å². The lowest BCUT2D eigenvalue weighted by molar-refractivity contribution is -0.127. The molecule has 0 aromatic heterocycles. The van der Waals surface area contributed by atoms with Gasteiger partial charge >= 0.3 is 6.09 Å². The summed E-state index contributed by atoms with van der Waals surface area (Å²) < 4.78 is 19.7. The molecular weight excluding hydrogens is 537 g/mol. The molecule has 1 unspecified atom stereocenters. The van der Waals surface area contributed by atoms with E-state index in [4.69, 9.17) is 16.3 Å². The van der Waals surface area contributed by atoms with Gasteiger partial charge in [0.1, 0.15) is 24.2 Å². The van der Waals surface area contributed by atoms with Crippen molar-refractivity contribution < 1.29 is 28.3 Å². The van der Waals surface area contributed by atoms with Crippen LogP contribution < -0.4 is 16.0 Å². The van der Waals surface area contributed by atoms with Crippen molar-refractivity contribution in [2.75, 3.05) is 6.54 Å². The number of amides is 3. The maximum absolute atomic E-state index is 13.7. The summed E-state index contributed by atoms with van der Waals surface area (Å²) in [6.07, 6.45) is -0.0464. The predicted molar refractivity (Wildman–Crippen MR) is 150 cm³/mol. The smallest absolute Gasteiger partial charge is 0.408 e. The molecule has 3 amide bonds. The van der Waals surface area contributed by atoms with E-state index >= 15 is 0 Å². The third kappa shape index (κ3) is 8.27. The van der Waals surface area contributed by atoms with Gasteiger partial charge in [-0.15, -0.1) is 0 Å². The maximum Gasteiger partial charge on any atom is 0.408 e. The van der Waals surface area contributed by atoms with E-state index in [2.05, 4.69) is 16.0 Å². The van der Waals surface area contributed by atoms with E-state index in [1.54, 1.807) is 30.3 Å². The van der Waals surface area contributed by atoms with Crippen LogP contribution >= 0.6 is 11.6 Å². The van der Waals surface area contributed by atoms with E-state index in [0.29, 0.717) is 29.8 Å². The highest BCUT2D eigenvalue weighted by molar-refractivity contribution is 6.30. The number of alkyl carbamates (subject to hydrolysis) is 1. The number of carbonyl (C=O) groups is 4. The SMILES string of the molecule is CC(C)C[C@H](NC(=O)OC(c1ccc(F)cc1)C(C)(C)c1cccc(Cl)c1)C(=O)N[C@H](C=O)C[C@@H]1CCNC1=O. The molecule has 2 aromatic carbocycles. The molecule has 10 heteroatoms. The zero-order chi connectivity index (χ0) is 29.4. The van der Waals surface area contributed by atoms with Crippen LogP contribution in [0.2, 0.25) is 5.02 Å². The molecule has 0 spiro atoms. The van der Waals surface area contributed by atoms with E-state index in [0.717, 1.165) is 5.56 Å². The summed E-state index contributed by atoms with van der Waals surface area (Å²) in [6, 6.07) is 11.0. The van der Waals surface area contributed by atoms with Crippen LogP contribution in [0.5, 0.6) is 0 Å². The molecule has 0 radical (unpaired) electrons. The number of aldehydes is 1. The zero-order valence-electron chi connectivity index (χ0n) is 23.2. The average Bonchev–Trinajstić information content (AvgIpc) is 3.30. The Morgan fingerprint density at radius 1 is 1.18 bits per heavy atom. The normalized spacial score (nSPS) is 17.5. The van der Waals surface area contributed by atoms with Gasteiger partial charge < -0.3 is 25.5 Å². The molecule has 40 heavy (non-hydrogen) atoms. The fourth-order valence-electron chi connectivity index (χ4n) is 4.90. The van der Waals surface area contributed by atoms with Crippen molar-refractivity contribution in [2.45, 2.75) is 70.6 Å². The summed E-state index contributed by atoms with van der Waals surface area (Å²) in [5, 5.41) is 8.56. The Labute approximate surface area is 239 Å². The number of hydrogen-bond donors (Lipinski definition) is 3. The Hall–Kier alpha value is -3.46. The quantitative estimate of drug-likeness (QED) is 0.314. The molecule has 0 aliphatic carbocycles. The summed E-state index contributed by atoms with van der Waals surface area (Å²) in [5.74, 6) is -1.45. The van der Waals surface area contributed by atoms with Crippen molar-refractivity contribution in [3.63, 3.8) is 0 Å². The van der Waals surface area contributed by atoms with Crippen molar-refractivity contribution in [2.24, 2.45) is 11.8 Å². The Morgan fingerprint density at radius 3 is 2.45 bits per heavy atom. The molecule has 0 saturated carbocycles. The third-order valence-electron chi connectivity index (χ3n) is 7.13. The minimum Gasteiger partial charge on any atom is -0.440 e. The van der Waals surface area contributed by atoms with Crippen molar-refractivity contribution in [3.05, 3.63) is 70.5 Å². The van der Waals surface area contributed by atoms with Crippen LogP contribution in [0.3, 0.4) is 0 Å². The van der Waals surface area contributed by atoms with Gasteiger partial charge in [-0.3, -0.25) is 9.59 Å². The van der Waals surface area contributed by atoms with Crippen LogP contribution in [-0.4, -0.2) is 42.8 Å². The molecule has 3 N–H and O–H groups in total. The fraction of sp³-hybridized carbons (Fsp3) is 0.467. The predicted octanol–water partition coefficient (Wildman–Crippen LogP) is 4.85. The summed E-state index contributed by atoms with van der Waals surface area (Å²) in [4.78, 5) is 50.1. The summed E-state index contributed by atoms with van der Waals surface area (Å²) in [7, 11) is 0. The number of ether oxygens (including phenoxy) is 1.